The Hall–Kier alpha value is -2.33. The largest absolute Gasteiger partial charge is 0.362 e. The lowest BCUT2D eigenvalue weighted by atomic mass is 10.1. The normalized spacial score (nSPS) is 10.7. The van der Waals surface area contributed by atoms with Gasteiger partial charge in [0.25, 0.3) is 0 Å². The molecule has 0 bridgehead atoms. The first-order chi connectivity index (χ1) is 11.1. The van der Waals surface area contributed by atoms with Crippen LogP contribution < -0.4 is 10.6 Å². The number of aromatic amines is 1. The molecule has 0 spiro atoms. The molecule has 0 unspecified atom stereocenters. The lowest BCUT2D eigenvalue weighted by molar-refractivity contribution is 0.878. The van der Waals surface area contributed by atoms with Gasteiger partial charge in [0.05, 0.1) is 0 Å². The Balaban J connectivity index is 1.57. The molecule has 3 aromatic rings. The van der Waals surface area contributed by atoms with Crippen molar-refractivity contribution >= 4 is 33.9 Å². The predicted molar refractivity (Wildman–Crippen MR) is 102 cm³/mol. The minimum atomic E-state index is 0.662. The van der Waals surface area contributed by atoms with E-state index in [1.807, 2.05) is 18.2 Å². The average molecular weight is 323 g/mol. The maximum atomic E-state index is 5.38. The first kappa shape index (κ1) is 15.6. The second-order valence-corrected chi connectivity index (χ2v) is 6.22. The lowest BCUT2D eigenvalue weighted by Crippen LogP contribution is -2.30. The topological polar surface area (TPSA) is 39.9 Å². The first-order valence-corrected chi connectivity index (χ1v) is 8.21. The fourth-order valence-corrected chi connectivity index (χ4v) is 2.90. The molecular formula is C19H21N3S. The molecule has 0 atom stereocenters. The third-order valence-electron chi connectivity index (χ3n) is 4.00. The monoisotopic (exact) mass is 323 g/mol. The van der Waals surface area contributed by atoms with Gasteiger partial charge in [-0.15, -0.1) is 0 Å². The van der Waals surface area contributed by atoms with E-state index in [0.29, 0.717) is 5.11 Å². The number of hydrogen-bond acceptors (Lipinski definition) is 1. The van der Waals surface area contributed by atoms with Crippen molar-refractivity contribution in [3.05, 3.63) is 65.4 Å². The number of anilines is 1. The summed E-state index contributed by atoms with van der Waals surface area (Å²) in [5, 5.41) is 8.49. The molecule has 0 amide bonds. The van der Waals surface area contributed by atoms with Crippen LogP contribution in [0.1, 0.15) is 16.7 Å². The van der Waals surface area contributed by atoms with Crippen LogP contribution in [0, 0.1) is 13.8 Å². The van der Waals surface area contributed by atoms with Crippen molar-refractivity contribution < 1.29 is 0 Å². The summed E-state index contributed by atoms with van der Waals surface area (Å²) in [5.74, 6) is 0. The summed E-state index contributed by atoms with van der Waals surface area (Å²) in [6.07, 6.45) is 3.02. The summed E-state index contributed by atoms with van der Waals surface area (Å²) in [5.41, 5.74) is 6.01. The molecule has 0 fully saturated rings. The number of nitrogens with one attached hydrogen (secondary N) is 3. The van der Waals surface area contributed by atoms with E-state index < -0.39 is 0 Å². The van der Waals surface area contributed by atoms with Crippen LogP contribution in [-0.4, -0.2) is 16.6 Å². The van der Waals surface area contributed by atoms with E-state index >= 15 is 0 Å². The Kier molecular flexibility index (Phi) is 4.63. The number of rotatable bonds is 4. The molecule has 3 N–H and O–H groups in total. The first-order valence-electron chi connectivity index (χ1n) is 7.80. The molecule has 0 aliphatic rings. The highest BCUT2D eigenvalue weighted by atomic mass is 32.1. The van der Waals surface area contributed by atoms with Gasteiger partial charge < -0.3 is 15.6 Å². The molecule has 2 aromatic carbocycles. The van der Waals surface area contributed by atoms with Gasteiger partial charge in [-0.2, -0.15) is 0 Å². The van der Waals surface area contributed by atoms with E-state index in [1.165, 1.54) is 27.6 Å². The number of hydrogen-bond donors (Lipinski definition) is 3. The van der Waals surface area contributed by atoms with Crippen molar-refractivity contribution in [2.24, 2.45) is 0 Å². The van der Waals surface area contributed by atoms with Gasteiger partial charge in [0, 0.05) is 29.3 Å². The van der Waals surface area contributed by atoms with E-state index in [1.54, 1.807) is 0 Å². The van der Waals surface area contributed by atoms with Crippen molar-refractivity contribution in [3.8, 4) is 0 Å². The quantitative estimate of drug-likeness (QED) is 0.626. The van der Waals surface area contributed by atoms with Gasteiger partial charge in [0.2, 0.25) is 0 Å². The van der Waals surface area contributed by atoms with Crippen molar-refractivity contribution in [3.63, 3.8) is 0 Å². The third-order valence-corrected chi connectivity index (χ3v) is 4.24. The zero-order chi connectivity index (χ0) is 16.2. The number of benzene rings is 2. The Bertz CT molecular complexity index is 836. The van der Waals surface area contributed by atoms with Crippen LogP contribution in [0.5, 0.6) is 0 Å². The zero-order valence-electron chi connectivity index (χ0n) is 13.4. The molecule has 0 radical (unpaired) electrons. The minimum Gasteiger partial charge on any atom is -0.362 e. The lowest BCUT2D eigenvalue weighted by Gasteiger charge is -2.12. The van der Waals surface area contributed by atoms with Crippen LogP contribution in [0.4, 0.5) is 5.69 Å². The van der Waals surface area contributed by atoms with Crippen LogP contribution in [0.2, 0.25) is 0 Å². The van der Waals surface area contributed by atoms with E-state index in [-0.39, 0.29) is 0 Å². The maximum Gasteiger partial charge on any atom is 0.170 e. The molecule has 0 saturated carbocycles. The molecule has 3 nitrogen and oxygen atoms in total. The smallest absolute Gasteiger partial charge is 0.170 e. The number of para-hydroxylation sites is 1. The van der Waals surface area contributed by atoms with Gasteiger partial charge in [-0.25, -0.2) is 0 Å². The fourth-order valence-electron chi connectivity index (χ4n) is 2.69. The molecular weight excluding hydrogens is 302 g/mol. The molecule has 0 aliphatic heterocycles. The van der Waals surface area contributed by atoms with E-state index in [9.17, 15) is 0 Å². The molecule has 0 saturated heterocycles. The number of aromatic nitrogens is 1. The van der Waals surface area contributed by atoms with Gasteiger partial charge in [-0.3, -0.25) is 0 Å². The Labute approximate surface area is 142 Å². The highest BCUT2D eigenvalue weighted by Crippen LogP contribution is 2.20. The molecule has 23 heavy (non-hydrogen) atoms. The molecule has 4 heteroatoms. The molecule has 0 aliphatic carbocycles. The molecule has 118 valence electrons. The number of thiocarbonyl (C=S) groups is 1. The van der Waals surface area contributed by atoms with E-state index in [4.69, 9.17) is 12.2 Å². The van der Waals surface area contributed by atoms with Gasteiger partial charge in [0.1, 0.15) is 0 Å². The second kappa shape index (κ2) is 6.84. The second-order valence-electron chi connectivity index (χ2n) is 5.81. The Morgan fingerprint density at radius 1 is 1.13 bits per heavy atom. The summed E-state index contributed by atoms with van der Waals surface area (Å²) < 4.78 is 0. The molecule has 1 heterocycles. The van der Waals surface area contributed by atoms with Gasteiger partial charge in [-0.05, 0) is 61.8 Å². The SMILES string of the molecule is Cc1ccc2[nH]cc(CCNC(=S)Nc3ccccc3C)c2c1. The van der Waals surface area contributed by atoms with Crippen LogP contribution >= 0.6 is 12.2 Å². The predicted octanol–water partition coefficient (Wildman–Crippen LogP) is 4.31. The standard InChI is InChI=1S/C19H21N3S/c1-13-7-8-18-16(11-13)15(12-21-18)9-10-20-19(23)22-17-6-4-3-5-14(17)2/h3-8,11-12,21H,9-10H2,1-2H3,(H2,20,22,23). The van der Waals surface area contributed by atoms with Crippen LogP contribution in [0.15, 0.2) is 48.7 Å². The summed E-state index contributed by atoms with van der Waals surface area (Å²) in [4.78, 5) is 3.32. The van der Waals surface area contributed by atoms with Crippen molar-refractivity contribution in [1.29, 1.82) is 0 Å². The zero-order valence-corrected chi connectivity index (χ0v) is 14.3. The van der Waals surface area contributed by atoms with Gasteiger partial charge >= 0.3 is 0 Å². The third kappa shape index (κ3) is 3.71. The van der Waals surface area contributed by atoms with Crippen LogP contribution in [-0.2, 0) is 6.42 Å². The maximum absolute atomic E-state index is 5.38. The fraction of sp³-hybridized carbons (Fsp3) is 0.211. The minimum absolute atomic E-state index is 0.662. The van der Waals surface area contributed by atoms with Crippen molar-refractivity contribution in [2.45, 2.75) is 20.3 Å². The molecule has 1 aromatic heterocycles. The average Bonchev–Trinajstić information content (AvgIpc) is 2.92. The number of aryl methyl sites for hydroxylation is 2. The summed E-state index contributed by atoms with van der Waals surface area (Å²) in [6.45, 7) is 4.99. The van der Waals surface area contributed by atoms with E-state index in [2.05, 4.69) is 59.9 Å². The molecule has 3 rings (SSSR count). The van der Waals surface area contributed by atoms with E-state index in [0.717, 1.165) is 18.7 Å². The summed E-state index contributed by atoms with van der Waals surface area (Å²) in [7, 11) is 0. The summed E-state index contributed by atoms with van der Waals surface area (Å²) >= 11 is 5.38. The highest BCUT2D eigenvalue weighted by molar-refractivity contribution is 7.80. The van der Waals surface area contributed by atoms with Crippen molar-refractivity contribution in [1.82, 2.24) is 10.3 Å². The van der Waals surface area contributed by atoms with Crippen LogP contribution in [0.25, 0.3) is 10.9 Å². The van der Waals surface area contributed by atoms with Gasteiger partial charge in [0.15, 0.2) is 5.11 Å². The number of fused-ring (bicyclic) bond motifs is 1. The summed E-state index contributed by atoms with van der Waals surface area (Å²) in [6, 6.07) is 14.6. The number of H-pyrrole nitrogens is 1. The highest BCUT2D eigenvalue weighted by Gasteiger charge is 2.05. The van der Waals surface area contributed by atoms with Crippen molar-refractivity contribution in [2.75, 3.05) is 11.9 Å². The van der Waals surface area contributed by atoms with Gasteiger partial charge in [-0.1, -0.05) is 29.8 Å². The van der Waals surface area contributed by atoms with Crippen LogP contribution in [0.3, 0.4) is 0 Å². The Morgan fingerprint density at radius 2 is 1.96 bits per heavy atom. The Morgan fingerprint density at radius 3 is 2.78 bits per heavy atom.